The number of aryl methyl sites for hydroxylation is 1. The van der Waals surface area contributed by atoms with Gasteiger partial charge in [-0.2, -0.15) is 0 Å². The van der Waals surface area contributed by atoms with Crippen LogP contribution in [0.3, 0.4) is 0 Å². The van der Waals surface area contributed by atoms with Crippen LogP contribution in [-0.2, 0) is 0 Å². The average Bonchev–Trinajstić information content (AvgIpc) is 3.48. The van der Waals surface area contributed by atoms with Crippen molar-refractivity contribution < 1.29 is 13.6 Å². The van der Waals surface area contributed by atoms with E-state index < -0.39 is 17.9 Å². The van der Waals surface area contributed by atoms with Crippen molar-refractivity contribution in [3.05, 3.63) is 48.1 Å². The quantitative estimate of drug-likeness (QED) is 0.656. The topological polar surface area (TPSA) is 78.7 Å². The van der Waals surface area contributed by atoms with Crippen LogP contribution >= 0.6 is 0 Å². The standard InChI is InChI=1S/C22H25F2N7O/c1-14-9-31-13-17(6-18(24)21(31)27-14)28-22(32)19-7-26-20(8-25-19)30-5-2-15(11-30)10-29-4-3-16(23)12-29/h6-9,13,15-16H,2-5,10-12H2,1H3,(H,28,32)/t15-,16-/m1/s1. The highest BCUT2D eigenvalue weighted by Gasteiger charge is 2.29. The summed E-state index contributed by atoms with van der Waals surface area (Å²) in [5, 5.41) is 2.66. The smallest absolute Gasteiger partial charge is 0.275 e. The van der Waals surface area contributed by atoms with Gasteiger partial charge in [-0.15, -0.1) is 0 Å². The van der Waals surface area contributed by atoms with Gasteiger partial charge in [-0.25, -0.2) is 23.7 Å². The van der Waals surface area contributed by atoms with Crippen molar-refractivity contribution in [3.63, 3.8) is 0 Å². The number of hydrogen-bond donors (Lipinski definition) is 1. The van der Waals surface area contributed by atoms with E-state index >= 15 is 0 Å². The number of likely N-dealkylation sites (tertiary alicyclic amines) is 1. The maximum atomic E-state index is 14.2. The summed E-state index contributed by atoms with van der Waals surface area (Å²) in [7, 11) is 0. The minimum atomic E-state index is -0.695. The van der Waals surface area contributed by atoms with E-state index in [1.807, 2.05) is 0 Å². The molecular formula is C22H25F2N7O. The molecule has 1 N–H and O–H groups in total. The Morgan fingerprint density at radius 1 is 1.19 bits per heavy atom. The SMILES string of the molecule is Cc1cn2cc(NC(=O)c3cnc(N4CC[C@H](CN5CC[C@@H](F)C5)C4)cn3)cc(F)c2n1. The molecule has 1 amide bonds. The Morgan fingerprint density at radius 2 is 2.06 bits per heavy atom. The highest BCUT2D eigenvalue weighted by atomic mass is 19.1. The van der Waals surface area contributed by atoms with E-state index in [1.165, 1.54) is 16.7 Å². The number of aromatic nitrogens is 4. The zero-order valence-electron chi connectivity index (χ0n) is 17.8. The van der Waals surface area contributed by atoms with Crippen LogP contribution in [0.4, 0.5) is 20.3 Å². The fourth-order valence-electron chi connectivity index (χ4n) is 4.55. The van der Waals surface area contributed by atoms with E-state index in [0.717, 1.165) is 38.4 Å². The number of nitrogens with zero attached hydrogens (tertiary/aromatic N) is 6. The maximum Gasteiger partial charge on any atom is 0.275 e. The molecule has 3 aromatic rings. The molecule has 0 aromatic carbocycles. The number of rotatable bonds is 5. The Bertz CT molecular complexity index is 1130. The lowest BCUT2D eigenvalue weighted by Gasteiger charge is -2.21. The van der Waals surface area contributed by atoms with E-state index in [2.05, 4.69) is 30.1 Å². The fraction of sp³-hybridized carbons (Fsp3) is 0.455. The molecular weight excluding hydrogens is 416 g/mol. The zero-order valence-corrected chi connectivity index (χ0v) is 17.8. The Kier molecular flexibility index (Phi) is 5.46. The molecule has 5 rings (SSSR count). The van der Waals surface area contributed by atoms with E-state index in [0.29, 0.717) is 30.3 Å². The number of anilines is 2. The summed E-state index contributed by atoms with van der Waals surface area (Å²) in [6, 6.07) is 1.23. The number of halogens is 2. The Labute approximate surface area is 184 Å². The monoisotopic (exact) mass is 441 g/mol. The molecule has 2 aliphatic heterocycles. The van der Waals surface area contributed by atoms with Crippen molar-refractivity contribution in [2.24, 2.45) is 5.92 Å². The van der Waals surface area contributed by atoms with Gasteiger partial charge in [0.25, 0.3) is 5.91 Å². The lowest BCUT2D eigenvalue weighted by molar-refractivity contribution is 0.102. The molecule has 8 nitrogen and oxygen atoms in total. The predicted molar refractivity (Wildman–Crippen MR) is 116 cm³/mol. The predicted octanol–water partition coefficient (Wildman–Crippen LogP) is 2.69. The van der Waals surface area contributed by atoms with Gasteiger partial charge in [0, 0.05) is 51.2 Å². The Morgan fingerprint density at radius 3 is 2.81 bits per heavy atom. The van der Waals surface area contributed by atoms with Crippen molar-refractivity contribution in [1.82, 2.24) is 24.3 Å². The molecule has 0 aliphatic carbocycles. The van der Waals surface area contributed by atoms with Gasteiger partial charge in [0.1, 0.15) is 17.7 Å². The van der Waals surface area contributed by atoms with Crippen molar-refractivity contribution in [2.75, 3.05) is 42.9 Å². The summed E-state index contributed by atoms with van der Waals surface area (Å²) in [5.74, 6) is 0.211. The van der Waals surface area contributed by atoms with Crippen LogP contribution in [0.5, 0.6) is 0 Å². The Balaban J connectivity index is 1.20. The van der Waals surface area contributed by atoms with Crippen LogP contribution in [0.2, 0.25) is 0 Å². The Hall–Kier alpha value is -3.14. The maximum absolute atomic E-state index is 14.2. The van der Waals surface area contributed by atoms with Gasteiger partial charge in [0.2, 0.25) is 0 Å². The molecule has 2 aliphatic rings. The molecule has 2 saturated heterocycles. The normalized spacial score (nSPS) is 21.5. The van der Waals surface area contributed by atoms with E-state index in [4.69, 9.17) is 0 Å². The first-order valence-electron chi connectivity index (χ1n) is 10.8. The average molecular weight is 441 g/mol. The van der Waals surface area contributed by atoms with Gasteiger partial charge in [-0.1, -0.05) is 0 Å². The fourth-order valence-corrected chi connectivity index (χ4v) is 4.55. The second-order valence-electron chi connectivity index (χ2n) is 8.65. The highest BCUT2D eigenvalue weighted by molar-refractivity contribution is 6.02. The van der Waals surface area contributed by atoms with E-state index in [1.54, 1.807) is 25.5 Å². The van der Waals surface area contributed by atoms with Crippen LogP contribution < -0.4 is 10.2 Å². The minimum Gasteiger partial charge on any atom is -0.355 e. The molecule has 0 unspecified atom stereocenters. The van der Waals surface area contributed by atoms with Crippen molar-refractivity contribution in [1.29, 1.82) is 0 Å². The van der Waals surface area contributed by atoms with Gasteiger partial charge >= 0.3 is 0 Å². The lowest BCUT2D eigenvalue weighted by Crippen LogP contribution is -2.30. The molecule has 32 heavy (non-hydrogen) atoms. The summed E-state index contributed by atoms with van der Waals surface area (Å²) in [4.78, 5) is 29.7. The summed E-state index contributed by atoms with van der Waals surface area (Å²) >= 11 is 0. The molecule has 168 valence electrons. The van der Waals surface area contributed by atoms with Crippen molar-refractivity contribution in [2.45, 2.75) is 25.9 Å². The number of imidazole rings is 1. The molecule has 0 spiro atoms. The third-order valence-corrected chi connectivity index (χ3v) is 6.10. The number of carbonyl (C=O) groups excluding carboxylic acids is 1. The lowest BCUT2D eigenvalue weighted by atomic mass is 10.1. The molecule has 0 saturated carbocycles. The van der Waals surface area contributed by atoms with Crippen LogP contribution in [0.1, 0.15) is 29.0 Å². The third-order valence-electron chi connectivity index (χ3n) is 6.10. The van der Waals surface area contributed by atoms with Gasteiger partial charge in [0.05, 0.1) is 23.8 Å². The number of alkyl halides is 1. The van der Waals surface area contributed by atoms with E-state index in [-0.39, 0.29) is 11.3 Å². The molecule has 2 fully saturated rings. The summed E-state index contributed by atoms with van der Waals surface area (Å²) in [6.07, 6.45) is 7.28. The number of carbonyl (C=O) groups is 1. The number of amides is 1. The summed E-state index contributed by atoms with van der Waals surface area (Å²) < 4.78 is 29.2. The molecule has 5 heterocycles. The molecule has 0 radical (unpaired) electrons. The van der Waals surface area contributed by atoms with Crippen LogP contribution in [0, 0.1) is 18.7 Å². The van der Waals surface area contributed by atoms with Crippen LogP contribution in [0.25, 0.3) is 5.65 Å². The molecule has 0 bridgehead atoms. The minimum absolute atomic E-state index is 0.151. The largest absolute Gasteiger partial charge is 0.355 e. The first-order valence-corrected chi connectivity index (χ1v) is 10.8. The van der Waals surface area contributed by atoms with Gasteiger partial charge < -0.3 is 14.6 Å². The first kappa shape index (κ1) is 20.7. The molecule has 10 heteroatoms. The zero-order chi connectivity index (χ0) is 22.2. The first-order chi connectivity index (χ1) is 15.4. The van der Waals surface area contributed by atoms with Gasteiger partial charge in [-0.05, 0) is 25.7 Å². The number of hydrogen-bond acceptors (Lipinski definition) is 6. The summed E-state index contributed by atoms with van der Waals surface area (Å²) in [5.41, 5.74) is 1.36. The number of nitrogens with one attached hydrogen (secondary N) is 1. The van der Waals surface area contributed by atoms with Gasteiger partial charge in [0.15, 0.2) is 11.5 Å². The number of fused-ring (bicyclic) bond motifs is 1. The second-order valence-corrected chi connectivity index (χ2v) is 8.65. The van der Waals surface area contributed by atoms with Crippen molar-refractivity contribution in [3.8, 4) is 0 Å². The second kappa shape index (κ2) is 8.42. The van der Waals surface area contributed by atoms with Crippen LogP contribution in [-0.4, -0.2) is 69.1 Å². The highest BCUT2D eigenvalue weighted by Crippen LogP contribution is 2.24. The van der Waals surface area contributed by atoms with Crippen molar-refractivity contribution >= 4 is 23.1 Å². The van der Waals surface area contributed by atoms with Crippen LogP contribution in [0.15, 0.2) is 30.9 Å². The summed E-state index contributed by atoms with van der Waals surface area (Å²) in [6.45, 7) is 5.76. The number of pyridine rings is 1. The molecule has 3 aromatic heterocycles. The van der Waals surface area contributed by atoms with Gasteiger partial charge in [-0.3, -0.25) is 9.69 Å². The third kappa shape index (κ3) is 4.27. The van der Waals surface area contributed by atoms with E-state index in [9.17, 15) is 13.6 Å². The molecule has 2 atom stereocenters.